The number of nitrogens with two attached hydrogens (primary N) is 4. The van der Waals surface area contributed by atoms with Crippen LogP contribution in [0.2, 0.25) is 0 Å². The predicted octanol–water partition coefficient (Wildman–Crippen LogP) is -1.55. The van der Waals surface area contributed by atoms with Gasteiger partial charge in [0.15, 0.2) is 5.96 Å². The molecule has 0 rings (SSSR count). The molecule has 0 bridgehead atoms. The fourth-order valence-electron chi connectivity index (χ4n) is 9.78. The Hall–Kier alpha value is -6.76. The molecule has 11 atom stereocenters. The monoisotopic (exact) mass is 1310 g/mol. The van der Waals surface area contributed by atoms with E-state index in [0.29, 0.717) is 44.9 Å². The van der Waals surface area contributed by atoms with E-state index in [0.717, 1.165) is 19.6 Å². The SMILES string of the molecule is CCC(C)N(CC(N)=O)C(=O)CN(C(=O)CN(CC(C)O)C(=O)CN(CC(C)O)C(=O)CN(C(=O)CN(C(=O)CN(CC(C)O)C(=O)CN(CC(C)O)C(=O)CN(C(=O)CN(C(=O)C(N)CCCN=C(N)N)C(C)CC)C(C)CC)C(C)CC)C(C)CC)C(C)CC. The van der Waals surface area contributed by atoms with Crippen LogP contribution < -0.4 is 22.9 Å². The van der Waals surface area contributed by atoms with E-state index in [-0.39, 0.29) is 38.6 Å². The van der Waals surface area contributed by atoms with E-state index in [1.54, 1.807) is 69.2 Å². The van der Waals surface area contributed by atoms with E-state index < -0.39 is 204 Å². The predicted molar refractivity (Wildman–Crippen MR) is 349 cm³/mol. The molecule has 0 aromatic rings. The van der Waals surface area contributed by atoms with Crippen LogP contribution in [0, 0.1) is 0 Å². The van der Waals surface area contributed by atoms with Crippen molar-refractivity contribution in [3.63, 3.8) is 0 Å². The molecule has 30 nitrogen and oxygen atoms in total. The molecule has 0 fully saturated rings. The minimum Gasteiger partial charge on any atom is -0.392 e. The third-order valence-electron chi connectivity index (χ3n) is 16.4. The van der Waals surface area contributed by atoms with Crippen LogP contribution in [0.3, 0.4) is 0 Å². The zero-order chi connectivity index (χ0) is 71.0. The first kappa shape index (κ1) is 85.2. The Bertz CT molecular complexity index is 2390. The highest BCUT2D eigenvalue weighted by Crippen LogP contribution is 2.17. The van der Waals surface area contributed by atoms with E-state index in [1.807, 2.05) is 13.8 Å². The van der Waals surface area contributed by atoms with Gasteiger partial charge in [0, 0.05) is 69.0 Å². The maximum atomic E-state index is 14.6. The Morgan fingerprint density at radius 2 is 0.554 bits per heavy atom. The Morgan fingerprint density at radius 1 is 0.337 bits per heavy atom. The molecular formula is C62H117N15O15. The lowest BCUT2D eigenvalue weighted by molar-refractivity contribution is -0.152. The quantitative estimate of drug-likeness (QED) is 0.0194. The minimum atomic E-state index is -1.20. The van der Waals surface area contributed by atoms with E-state index in [2.05, 4.69) is 4.99 Å². The molecular weight excluding hydrogens is 1190 g/mol. The lowest BCUT2D eigenvalue weighted by atomic mass is 10.1. The van der Waals surface area contributed by atoms with Gasteiger partial charge >= 0.3 is 0 Å². The van der Waals surface area contributed by atoms with Gasteiger partial charge in [0.25, 0.3) is 0 Å². The molecule has 530 valence electrons. The highest BCUT2D eigenvalue weighted by molar-refractivity contribution is 5.95. The number of amides is 11. The summed E-state index contributed by atoms with van der Waals surface area (Å²) in [5.74, 6) is -7.72. The van der Waals surface area contributed by atoms with Crippen molar-refractivity contribution in [1.82, 2.24) is 49.0 Å². The number of carbonyl (C=O) groups excluding carboxylic acids is 11. The summed E-state index contributed by atoms with van der Waals surface area (Å²) in [5.41, 5.74) is 22.6. The second-order valence-corrected chi connectivity index (χ2v) is 24.6. The van der Waals surface area contributed by atoms with Crippen molar-refractivity contribution in [1.29, 1.82) is 0 Å². The molecule has 0 aliphatic heterocycles. The number of aliphatic hydroxyl groups is 4. The first-order valence-corrected chi connectivity index (χ1v) is 32.6. The number of guanidine groups is 1. The first-order chi connectivity index (χ1) is 42.8. The van der Waals surface area contributed by atoms with Gasteiger partial charge in [-0.25, -0.2) is 0 Å². The molecule has 0 aromatic carbocycles. The maximum Gasteiger partial charge on any atom is 0.242 e. The van der Waals surface area contributed by atoms with E-state index >= 15 is 0 Å². The molecule has 0 aromatic heterocycles. The summed E-state index contributed by atoms with van der Waals surface area (Å²) in [7, 11) is 0. The zero-order valence-corrected chi connectivity index (χ0v) is 58.1. The van der Waals surface area contributed by atoms with Crippen LogP contribution in [-0.4, -0.2) is 305 Å². The fourth-order valence-corrected chi connectivity index (χ4v) is 9.78. The molecule has 30 heteroatoms. The van der Waals surface area contributed by atoms with Crippen LogP contribution in [0.4, 0.5) is 0 Å². The molecule has 0 saturated heterocycles. The fraction of sp³-hybridized carbons (Fsp3) is 0.806. The van der Waals surface area contributed by atoms with Crippen LogP contribution in [0.1, 0.15) is 162 Å². The largest absolute Gasteiger partial charge is 0.392 e. The van der Waals surface area contributed by atoms with Crippen molar-refractivity contribution in [2.45, 2.75) is 229 Å². The van der Waals surface area contributed by atoms with Crippen LogP contribution >= 0.6 is 0 Å². The average Bonchev–Trinajstić information content (AvgIpc) is 1.19. The van der Waals surface area contributed by atoms with Crippen molar-refractivity contribution in [2.75, 3.05) is 98.2 Å². The average molecular weight is 1310 g/mol. The van der Waals surface area contributed by atoms with Gasteiger partial charge in [0.2, 0.25) is 65.0 Å². The highest BCUT2D eigenvalue weighted by atomic mass is 16.3. The van der Waals surface area contributed by atoms with E-state index in [9.17, 15) is 73.2 Å². The number of primary amides is 1. The highest BCUT2D eigenvalue weighted by Gasteiger charge is 2.37. The minimum absolute atomic E-state index is 0.104. The van der Waals surface area contributed by atoms with Gasteiger partial charge < -0.3 is 92.4 Å². The molecule has 0 saturated carbocycles. The second-order valence-electron chi connectivity index (χ2n) is 24.6. The van der Waals surface area contributed by atoms with Gasteiger partial charge in [-0.3, -0.25) is 57.7 Å². The standard InChI is InChI=1S/C62H117N15O15/c1-17-40(7)72(30-51(64)82)58(89)37-75(43(10)20-4)56(87)33-70(28-48(15)80)52(83)31-68(26-46(13)78)54(85)35-73(41(8)18-2)59(90)38-76(44(11)21-5)57(88)34-71(29-49(16)81)53(84)32-69(27-47(14)79)55(86)36-74(42(9)19-3)60(91)39-77(45(12)22-6)61(92)50(63)24-23-25-67-62(65)66/h40-50,78-81H,17-39,63H2,1-16H3,(H2,64,82)(H4,65,66,67). The molecule has 11 unspecified atom stereocenters. The number of aliphatic hydroxyl groups excluding tert-OH is 4. The molecule has 92 heavy (non-hydrogen) atoms. The Morgan fingerprint density at radius 3 is 0.804 bits per heavy atom. The normalized spacial score (nSPS) is 14.8. The Labute approximate surface area is 546 Å². The lowest BCUT2D eigenvalue weighted by Crippen LogP contribution is -2.56. The van der Waals surface area contributed by atoms with Crippen LogP contribution in [0.15, 0.2) is 4.99 Å². The third kappa shape index (κ3) is 30.3. The van der Waals surface area contributed by atoms with Crippen molar-refractivity contribution in [2.24, 2.45) is 27.9 Å². The molecule has 0 aliphatic rings. The number of rotatable bonds is 45. The molecule has 0 aliphatic carbocycles. The summed E-state index contributed by atoms with van der Waals surface area (Å²) in [6, 6.07) is -4.14. The summed E-state index contributed by atoms with van der Waals surface area (Å²) < 4.78 is 0. The number of aliphatic imine (C=N–C) groups is 1. The Kier molecular flexibility index (Phi) is 40.0. The van der Waals surface area contributed by atoms with Gasteiger partial charge in [-0.15, -0.1) is 0 Å². The van der Waals surface area contributed by atoms with Crippen LogP contribution in [-0.2, 0) is 52.7 Å². The molecule has 0 spiro atoms. The van der Waals surface area contributed by atoms with E-state index in [1.165, 1.54) is 57.1 Å². The number of hydrogen-bond acceptors (Lipinski definition) is 17. The molecule has 0 heterocycles. The summed E-state index contributed by atoms with van der Waals surface area (Å²) in [5, 5.41) is 42.5. The topological polar surface area (TPSA) is 418 Å². The summed E-state index contributed by atoms with van der Waals surface area (Å²) in [4.78, 5) is 170. The van der Waals surface area contributed by atoms with Gasteiger partial charge in [0.1, 0.15) is 32.7 Å². The number of nitrogens with zero attached hydrogens (tertiary/aromatic N) is 11. The van der Waals surface area contributed by atoms with Gasteiger partial charge in [-0.2, -0.15) is 0 Å². The third-order valence-corrected chi connectivity index (χ3v) is 16.4. The lowest BCUT2D eigenvalue weighted by Gasteiger charge is -2.37. The molecule has 12 N–H and O–H groups in total. The summed E-state index contributed by atoms with van der Waals surface area (Å²) >= 11 is 0. The zero-order valence-electron chi connectivity index (χ0n) is 58.1. The van der Waals surface area contributed by atoms with Crippen LogP contribution in [0.5, 0.6) is 0 Å². The van der Waals surface area contributed by atoms with Gasteiger partial charge in [0.05, 0.1) is 63.2 Å². The van der Waals surface area contributed by atoms with Crippen molar-refractivity contribution in [3.05, 3.63) is 0 Å². The maximum absolute atomic E-state index is 14.6. The van der Waals surface area contributed by atoms with E-state index in [4.69, 9.17) is 22.9 Å². The van der Waals surface area contributed by atoms with Crippen molar-refractivity contribution >= 4 is 70.9 Å². The first-order valence-electron chi connectivity index (χ1n) is 32.6. The summed E-state index contributed by atoms with van der Waals surface area (Å²) in [6.45, 7) is 19.5. The number of carbonyl (C=O) groups is 11. The van der Waals surface area contributed by atoms with Gasteiger partial charge in [-0.1, -0.05) is 41.5 Å². The van der Waals surface area contributed by atoms with Crippen molar-refractivity contribution in [3.8, 4) is 0 Å². The van der Waals surface area contributed by atoms with Gasteiger partial charge in [-0.05, 0) is 121 Å². The smallest absolute Gasteiger partial charge is 0.242 e. The van der Waals surface area contributed by atoms with Crippen LogP contribution in [0.25, 0.3) is 0 Å². The molecule has 0 radical (unpaired) electrons. The second kappa shape index (κ2) is 43.2. The summed E-state index contributed by atoms with van der Waals surface area (Å²) in [6.07, 6.45) is -1.71. The molecule has 11 amide bonds. The number of hydrogen-bond donors (Lipinski definition) is 8. The van der Waals surface area contributed by atoms with Crippen molar-refractivity contribution < 1.29 is 73.2 Å². The Balaban J connectivity index is 7.00.